The number of ether oxygens (including phenoxy) is 1. The minimum atomic E-state index is -0.354. The lowest BCUT2D eigenvalue weighted by Crippen LogP contribution is -2.49. The lowest BCUT2D eigenvalue weighted by atomic mass is 10.1. The summed E-state index contributed by atoms with van der Waals surface area (Å²) in [5, 5.41) is 9.71. The van der Waals surface area contributed by atoms with Crippen molar-refractivity contribution in [1.29, 1.82) is 5.26 Å². The number of nitriles is 1. The summed E-state index contributed by atoms with van der Waals surface area (Å²) in [6.07, 6.45) is 0.782. The van der Waals surface area contributed by atoms with Gasteiger partial charge < -0.3 is 14.1 Å². The number of carbonyl (C=O) groups is 1. The number of halogens is 1. The van der Waals surface area contributed by atoms with E-state index in [0.29, 0.717) is 56.1 Å². The van der Waals surface area contributed by atoms with E-state index in [1.54, 1.807) is 37.4 Å². The van der Waals surface area contributed by atoms with Crippen molar-refractivity contribution in [2.75, 3.05) is 33.3 Å². The molecule has 0 radical (unpaired) electrons. The second-order valence-electron chi connectivity index (χ2n) is 7.97. The van der Waals surface area contributed by atoms with E-state index in [9.17, 15) is 14.4 Å². The summed E-state index contributed by atoms with van der Waals surface area (Å²) in [5.41, 5.74) is 1.33. The number of furan rings is 1. The fraction of sp³-hybridized carbons (Fsp3) is 0.308. The summed E-state index contributed by atoms with van der Waals surface area (Å²) in [7, 11) is 1.61. The first kappa shape index (κ1) is 22.6. The van der Waals surface area contributed by atoms with Crippen LogP contribution < -0.4 is 4.74 Å². The SMILES string of the molecule is COc1ccc(C(C#N)N2CCN(C(=O)CCc3ccc(-c4ccccc4F)o3)CC2)cc1. The number of nitrogens with zero attached hydrogens (tertiary/aromatic N) is 3. The van der Waals surface area contributed by atoms with Gasteiger partial charge in [-0.15, -0.1) is 0 Å². The number of rotatable bonds is 7. The molecule has 33 heavy (non-hydrogen) atoms. The number of piperazine rings is 1. The molecule has 1 amide bonds. The van der Waals surface area contributed by atoms with Crippen molar-refractivity contribution in [3.05, 3.63) is 77.8 Å². The zero-order valence-electron chi connectivity index (χ0n) is 18.5. The predicted molar refractivity (Wildman–Crippen MR) is 122 cm³/mol. The van der Waals surface area contributed by atoms with Crippen molar-refractivity contribution in [3.8, 4) is 23.1 Å². The average Bonchev–Trinajstić information content (AvgIpc) is 3.33. The quantitative estimate of drug-likeness (QED) is 0.536. The summed E-state index contributed by atoms with van der Waals surface area (Å²) < 4.78 is 24.9. The molecular formula is C26H26FN3O3. The molecule has 1 fully saturated rings. The van der Waals surface area contributed by atoms with Gasteiger partial charge in [0.05, 0.1) is 18.7 Å². The summed E-state index contributed by atoms with van der Waals surface area (Å²) >= 11 is 0. The van der Waals surface area contributed by atoms with Crippen LogP contribution in [-0.4, -0.2) is 49.0 Å². The molecule has 170 valence electrons. The minimum Gasteiger partial charge on any atom is -0.497 e. The maximum atomic E-state index is 13.9. The van der Waals surface area contributed by atoms with Crippen molar-refractivity contribution < 1.29 is 18.3 Å². The number of carbonyl (C=O) groups excluding carboxylic acids is 1. The van der Waals surface area contributed by atoms with Gasteiger partial charge in [0, 0.05) is 39.0 Å². The molecule has 6 nitrogen and oxygen atoms in total. The molecule has 0 bridgehead atoms. The van der Waals surface area contributed by atoms with Crippen LogP contribution in [-0.2, 0) is 11.2 Å². The van der Waals surface area contributed by atoms with E-state index in [4.69, 9.17) is 9.15 Å². The molecule has 3 aromatic rings. The lowest BCUT2D eigenvalue weighted by Gasteiger charge is -2.37. The van der Waals surface area contributed by atoms with Crippen LogP contribution in [0.4, 0.5) is 4.39 Å². The molecule has 2 aromatic carbocycles. The van der Waals surface area contributed by atoms with Crippen LogP contribution in [0.2, 0.25) is 0 Å². The zero-order valence-corrected chi connectivity index (χ0v) is 18.5. The fourth-order valence-corrected chi connectivity index (χ4v) is 4.09. The Balaban J connectivity index is 1.29. The van der Waals surface area contributed by atoms with Crippen molar-refractivity contribution in [2.45, 2.75) is 18.9 Å². The summed E-state index contributed by atoms with van der Waals surface area (Å²) in [4.78, 5) is 16.6. The van der Waals surface area contributed by atoms with Gasteiger partial charge >= 0.3 is 0 Å². The van der Waals surface area contributed by atoms with Crippen molar-refractivity contribution >= 4 is 5.91 Å². The Hall–Kier alpha value is -3.63. The first-order valence-electron chi connectivity index (χ1n) is 11.0. The average molecular weight is 448 g/mol. The smallest absolute Gasteiger partial charge is 0.223 e. The molecule has 1 aliphatic heterocycles. The van der Waals surface area contributed by atoms with Crippen molar-refractivity contribution in [3.63, 3.8) is 0 Å². The second kappa shape index (κ2) is 10.3. The third-order valence-electron chi connectivity index (χ3n) is 5.97. The van der Waals surface area contributed by atoms with Gasteiger partial charge in [-0.3, -0.25) is 9.69 Å². The van der Waals surface area contributed by atoms with Gasteiger partial charge in [0.2, 0.25) is 5.91 Å². The summed E-state index contributed by atoms with van der Waals surface area (Å²) in [6.45, 7) is 2.42. The molecule has 1 aromatic heterocycles. The Morgan fingerprint density at radius 1 is 1.09 bits per heavy atom. The molecule has 1 unspecified atom stereocenters. The van der Waals surface area contributed by atoms with Crippen LogP contribution in [0.25, 0.3) is 11.3 Å². The molecule has 0 N–H and O–H groups in total. The maximum absolute atomic E-state index is 13.9. The molecule has 0 saturated carbocycles. The number of methoxy groups -OCH3 is 1. The van der Waals surface area contributed by atoms with Crippen LogP contribution in [0.15, 0.2) is 65.1 Å². The molecule has 2 heterocycles. The highest BCUT2D eigenvalue weighted by Gasteiger charge is 2.27. The van der Waals surface area contributed by atoms with Gasteiger partial charge in [-0.25, -0.2) is 4.39 Å². The Labute approximate surface area is 192 Å². The Morgan fingerprint density at radius 3 is 2.48 bits per heavy atom. The third-order valence-corrected chi connectivity index (χ3v) is 5.97. The zero-order chi connectivity index (χ0) is 23.2. The Morgan fingerprint density at radius 2 is 1.82 bits per heavy atom. The molecule has 0 spiro atoms. The van der Waals surface area contributed by atoms with E-state index < -0.39 is 0 Å². The molecule has 1 aliphatic rings. The Kier molecular flexibility index (Phi) is 7.06. The Bertz CT molecular complexity index is 1130. The van der Waals surface area contributed by atoms with Crippen LogP contribution in [0.5, 0.6) is 5.75 Å². The number of hydrogen-bond acceptors (Lipinski definition) is 5. The van der Waals surface area contributed by atoms with Gasteiger partial charge in [0.1, 0.15) is 29.1 Å². The maximum Gasteiger partial charge on any atom is 0.223 e. The van der Waals surface area contributed by atoms with Gasteiger partial charge in [-0.05, 0) is 42.0 Å². The molecule has 1 saturated heterocycles. The van der Waals surface area contributed by atoms with E-state index >= 15 is 0 Å². The number of aryl methyl sites for hydroxylation is 1. The van der Waals surface area contributed by atoms with E-state index in [2.05, 4.69) is 11.0 Å². The van der Waals surface area contributed by atoms with Crippen molar-refractivity contribution in [2.24, 2.45) is 0 Å². The standard InChI is InChI=1S/C26H26FN3O3/c1-32-20-8-6-19(7-9-20)24(18-28)29-14-16-30(17-15-29)26(31)13-11-21-10-12-25(33-21)22-4-2-3-5-23(22)27/h2-10,12,24H,11,13-17H2,1H3. The predicted octanol–water partition coefficient (Wildman–Crippen LogP) is 4.44. The molecule has 4 rings (SSSR count). The summed E-state index contributed by atoms with van der Waals surface area (Å²) in [5.74, 6) is 1.59. The first-order valence-corrected chi connectivity index (χ1v) is 11.0. The first-order chi connectivity index (χ1) is 16.1. The topological polar surface area (TPSA) is 69.7 Å². The van der Waals surface area contributed by atoms with E-state index in [-0.39, 0.29) is 17.8 Å². The molecular weight excluding hydrogens is 421 g/mol. The number of benzene rings is 2. The normalized spacial score (nSPS) is 15.1. The van der Waals surface area contributed by atoms with Gasteiger partial charge in [-0.2, -0.15) is 5.26 Å². The molecule has 7 heteroatoms. The second-order valence-corrected chi connectivity index (χ2v) is 7.97. The van der Waals surface area contributed by atoms with Crippen LogP contribution in [0.1, 0.15) is 23.8 Å². The van der Waals surface area contributed by atoms with Crippen LogP contribution in [0, 0.1) is 17.1 Å². The largest absolute Gasteiger partial charge is 0.497 e. The van der Waals surface area contributed by atoms with Crippen LogP contribution in [0.3, 0.4) is 0 Å². The third kappa shape index (κ3) is 5.24. The number of hydrogen-bond donors (Lipinski definition) is 0. The number of amides is 1. The minimum absolute atomic E-state index is 0.0523. The molecule has 1 atom stereocenters. The molecule has 0 aliphatic carbocycles. The van der Waals surface area contributed by atoms with E-state index in [0.717, 1.165) is 11.3 Å². The van der Waals surface area contributed by atoms with Gasteiger partial charge in [0.25, 0.3) is 0 Å². The highest BCUT2D eigenvalue weighted by Crippen LogP contribution is 2.26. The van der Waals surface area contributed by atoms with Gasteiger partial charge in [-0.1, -0.05) is 24.3 Å². The van der Waals surface area contributed by atoms with Crippen molar-refractivity contribution in [1.82, 2.24) is 9.80 Å². The van der Waals surface area contributed by atoms with E-state index in [1.165, 1.54) is 6.07 Å². The lowest BCUT2D eigenvalue weighted by molar-refractivity contribution is -0.133. The van der Waals surface area contributed by atoms with Gasteiger partial charge in [0.15, 0.2) is 0 Å². The highest BCUT2D eigenvalue weighted by atomic mass is 19.1. The fourth-order valence-electron chi connectivity index (χ4n) is 4.09. The summed E-state index contributed by atoms with van der Waals surface area (Å²) in [6, 6.07) is 19.5. The monoisotopic (exact) mass is 447 g/mol. The highest BCUT2D eigenvalue weighted by molar-refractivity contribution is 5.76. The van der Waals surface area contributed by atoms with Crippen LogP contribution >= 0.6 is 0 Å². The van der Waals surface area contributed by atoms with E-state index in [1.807, 2.05) is 29.2 Å².